The molecule has 0 saturated heterocycles. The fourth-order valence-corrected chi connectivity index (χ4v) is 5.92. The van der Waals surface area contributed by atoms with Crippen molar-refractivity contribution in [3.63, 3.8) is 0 Å². The maximum absolute atomic E-state index is 12.2. The molecular weight excluding hydrogens is 715 g/mol. The van der Waals surface area contributed by atoms with Gasteiger partial charge in [0.15, 0.2) is 11.5 Å². The topological polar surface area (TPSA) is 108 Å². The van der Waals surface area contributed by atoms with Crippen LogP contribution in [0.15, 0.2) is 59.2 Å². The number of aromatic nitrogens is 1. The lowest BCUT2D eigenvalue weighted by Gasteiger charge is -2.21. The summed E-state index contributed by atoms with van der Waals surface area (Å²) >= 11 is 0. The third-order valence-corrected chi connectivity index (χ3v) is 9.69. The van der Waals surface area contributed by atoms with Crippen LogP contribution in [-0.4, -0.2) is 36.6 Å². The summed E-state index contributed by atoms with van der Waals surface area (Å²) in [5.41, 5.74) is 4.87. The van der Waals surface area contributed by atoms with Crippen LogP contribution < -0.4 is 29.6 Å². The number of rotatable bonds is 28. The molecule has 1 aromatic carbocycles. The maximum Gasteiger partial charge on any atom is 0.225 e. The number of pyridine rings is 1. The van der Waals surface area contributed by atoms with Crippen LogP contribution in [0.4, 0.5) is 11.6 Å². The lowest BCUT2D eigenvalue weighted by molar-refractivity contribution is -0.116. The molecule has 0 unspecified atom stereocenters. The number of hydrogen-bond acceptors (Lipinski definition) is 7. The lowest BCUT2D eigenvalue weighted by atomic mass is 10.0. The lowest BCUT2D eigenvalue weighted by Crippen LogP contribution is -2.14. The number of nitrogens with zero attached hydrogens (tertiary/aromatic N) is 1. The molecule has 3 atom stereocenters. The van der Waals surface area contributed by atoms with Crippen molar-refractivity contribution in [2.24, 2.45) is 17.8 Å². The highest BCUT2D eigenvalue weighted by Gasteiger charge is 2.19. The van der Waals surface area contributed by atoms with E-state index in [0.717, 1.165) is 63.4 Å². The zero-order valence-corrected chi connectivity index (χ0v) is 37.3. The Morgan fingerprint density at radius 1 is 0.579 bits per heavy atom. The molecule has 0 bridgehead atoms. The van der Waals surface area contributed by atoms with Crippen molar-refractivity contribution in [3.05, 3.63) is 64.8 Å². The largest absolute Gasteiger partial charge is 0.490 e. The second-order valence-electron chi connectivity index (χ2n) is 16.4. The van der Waals surface area contributed by atoms with E-state index in [0.29, 0.717) is 85.0 Å². The van der Waals surface area contributed by atoms with Crippen LogP contribution in [-0.2, 0) is 16.2 Å². The van der Waals surface area contributed by atoms with Crippen LogP contribution in [0.25, 0.3) is 0 Å². The van der Waals surface area contributed by atoms with Gasteiger partial charge in [0, 0.05) is 25.0 Å². The molecule has 2 N–H and O–H groups in total. The predicted molar refractivity (Wildman–Crippen MR) is 237 cm³/mol. The molecule has 9 heteroatoms. The molecule has 0 saturated carbocycles. The van der Waals surface area contributed by atoms with Crippen LogP contribution >= 0.6 is 0 Å². The van der Waals surface area contributed by atoms with Crippen LogP contribution in [0.5, 0.6) is 23.0 Å². The molecule has 0 aliphatic rings. The van der Waals surface area contributed by atoms with Gasteiger partial charge in [-0.2, -0.15) is 0 Å². The quantitative estimate of drug-likeness (QED) is 0.0826. The van der Waals surface area contributed by atoms with Crippen LogP contribution in [0, 0.1) is 17.8 Å². The molecular formula is C48H75N3O6. The fraction of sp³-hybridized carbons (Fsp3) is 0.604. The minimum absolute atomic E-state index is 0.180. The third kappa shape index (κ3) is 21.7. The number of ether oxygens (including phenoxy) is 4. The van der Waals surface area contributed by atoms with Gasteiger partial charge in [0.2, 0.25) is 17.6 Å². The first-order valence-electron chi connectivity index (χ1n) is 21.4. The van der Waals surface area contributed by atoms with Crippen molar-refractivity contribution in [3.8, 4) is 23.0 Å². The summed E-state index contributed by atoms with van der Waals surface area (Å²) in [5, 5.41) is 5.57. The van der Waals surface area contributed by atoms with Crippen LogP contribution in [0.2, 0.25) is 0 Å². The van der Waals surface area contributed by atoms with Gasteiger partial charge in [0.25, 0.3) is 0 Å². The van der Waals surface area contributed by atoms with Crippen molar-refractivity contribution in [1.29, 1.82) is 0 Å². The summed E-state index contributed by atoms with van der Waals surface area (Å²) in [6.45, 7) is 25.0. The predicted octanol–water partition coefficient (Wildman–Crippen LogP) is 12.8. The van der Waals surface area contributed by atoms with E-state index in [4.69, 9.17) is 18.9 Å². The molecule has 2 rings (SSSR count). The summed E-state index contributed by atoms with van der Waals surface area (Å²) in [6, 6.07) is 7.29. The van der Waals surface area contributed by atoms with E-state index in [2.05, 4.69) is 96.2 Å². The Kier molecular flexibility index (Phi) is 23.5. The van der Waals surface area contributed by atoms with E-state index in [1.807, 2.05) is 12.1 Å². The van der Waals surface area contributed by atoms with Crippen molar-refractivity contribution < 1.29 is 28.5 Å². The minimum Gasteiger partial charge on any atom is -0.490 e. The Morgan fingerprint density at radius 2 is 0.965 bits per heavy atom. The van der Waals surface area contributed by atoms with Crippen molar-refractivity contribution in [1.82, 2.24) is 4.98 Å². The van der Waals surface area contributed by atoms with Crippen molar-refractivity contribution in [2.45, 2.75) is 153 Å². The molecule has 0 fully saturated rings. The average molecular weight is 790 g/mol. The molecule has 318 valence electrons. The van der Waals surface area contributed by atoms with Crippen LogP contribution in [0.3, 0.4) is 0 Å². The molecule has 9 nitrogen and oxygen atoms in total. The van der Waals surface area contributed by atoms with E-state index in [1.165, 1.54) is 16.7 Å². The summed E-state index contributed by atoms with van der Waals surface area (Å²) in [7, 11) is 0. The molecule has 0 aliphatic heterocycles. The molecule has 1 heterocycles. The number of hydrogen-bond donors (Lipinski definition) is 2. The van der Waals surface area contributed by atoms with Crippen molar-refractivity contribution in [2.75, 3.05) is 30.5 Å². The molecule has 0 aliphatic carbocycles. The highest BCUT2D eigenvalue weighted by atomic mass is 16.5. The normalized spacial score (nSPS) is 12.4. The number of anilines is 2. The summed E-state index contributed by atoms with van der Waals surface area (Å²) in [6.07, 6.45) is 16.7. The Labute approximate surface area is 345 Å². The first-order chi connectivity index (χ1) is 27.2. The smallest absolute Gasteiger partial charge is 0.225 e. The van der Waals surface area contributed by atoms with E-state index in [9.17, 15) is 9.59 Å². The second kappa shape index (κ2) is 27.4. The van der Waals surface area contributed by atoms with Crippen LogP contribution in [0.1, 0.15) is 152 Å². The first-order valence-corrected chi connectivity index (χ1v) is 21.4. The Morgan fingerprint density at radius 3 is 1.33 bits per heavy atom. The monoisotopic (exact) mass is 790 g/mol. The molecule has 0 spiro atoms. The third-order valence-electron chi connectivity index (χ3n) is 9.69. The highest BCUT2D eigenvalue weighted by Crippen LogP contribution is 2.40. The molecule has 1 aromatic heterocycles. The van der Waals surface area contributed by atoms with Gasteiger partial charge in [0.1, 0.15) is 24.0 Å². The van der Waals surface area contributed by atoms with E-state index in [-0.39, 0.29) is 18.4 Å². The number of benzene rings is 1. The first kappa shape index (κ1) is 48.9. The van der Waals surface area contributed by atoms with Gasteiger partial charge in [-0.05, 0) is 135 Å². The average Bonchev–Trinajstić information content (AvgIpc) is 3.14. The van der Waals surface area contributed by atoms with Gasteiger partial charge in [-0.25, -0.2) is 4.98 Å². The van der Waals surface area contributed by atoms with Crippen molar-refractivity contribution >= 4 is 23.5 Å². The van der Waals surface area contributed by atoms with Gasteiger partial charge in [0.05, 0.1) is 19.8 Å². The minimum atomic E-state index is -0.189. The summed E-state index contributed by atoms with van der Waals surface area (Å²) < 4.78 is 26.1. The zero-order chi connectivity index (χ0) is 42.2. The second-order valence-corrected chi connectivity index (χ2v) is 16.4. The molecule has 2 aromatic rings. The van der Waals surface area contributed by atoms with Gasteiger partial charge in [-0.1, -0.05) is 69.6 Å². The van der Waals surface area contributed by atoms with Gasteiger partial charge >= 0.3 is 0 Å². The van der Waals surface area contributed by atoms with Gasteiger partial charge in [-0.3, -0.25) is 9.59 Å². The van der Waals surface area contributed by atoms with Gasteiger partial charge in [-0.15, -0.1) is 0 Å². The number of allylic oxidation sites excluding steroid dienone is 6. The Balaban J connectivity index is 2.45. The number of nitrogens with one attached hydrogen (secondary N) is 2. The Hall–Kier alpha value is -4.27. The van der Waals surface area contributed by atoms with E-state index >= 15 is 0 Å². The van der Waals surface area contributed by atoms with E-state index in [1.54, 1.807) is 26.0 Å². The zero-order valence-electron chi connectivity index (χ0n) is 37.3. The SMILES string of the molecule is CCC(=O)Nc1cc(OCc2cc(OCC[C@H](C)CCC=C(C)C)c(OCC[C@H](C)CCC=C(C)C)c(OCC[C@H](C)CCC=C(C)C)c2)cc(NC(=O)CC)n1. The maximum atomic E-state index is 12.2. The molecule has 57 heavy (non-hydrogen) atoms. The van der Waals surface area contributed by atoms with Gasteiger partial charge < -0.3 is 29.6 Å². The summed E-state index contributed by atoms with van der Waals surface area (Å²) in [5.74, 6) is 4.08. The number of carbonyl (C=O) groups excluding carboxylic acids is 2. The fourth-order valence-electron chi connectivity index (χ4n) is 5.92. The summed E-state index contributed by atoms with van der Waals surface area (Å²) in [4.78, 5) is 28.9. The van der Waals surface area contributed by atoms with E-state index < -0.39 is 0 Å². The number of carbonyl (C=O) groups is 2. The Bertz CT molecular complexity index is 1510. The number of amides is 2. The highest BCUT2D eigenvalue weighted by molar-refractivity contribution is 5.92. The molecule has 0 radical (unpaired) electrons. The molecule has 2 amide bonds. The standard InChI is InChI=1S/C48H75N3O6/c1-12-46(52)50-44-31-41(32-45(49-44)51-47(53)13-2)57-33-40-29-42(54-26-23-37(9)20-14-17-34(3)4)48(56-28-25-39(11)22-16-19-36(7)8)43(30-40)55-27-24-38(10)21-15-18-35(5)6/h17-19,29-32,37-39H,12-16,20-28,33H2,1-11H3,(H2,49,50,51,52,53)/t37-,38-,39-/m1/s1.